The summed E-state index contributed by atoms with van der Waals surface area (Å²) >= 11 is 7.48. The van der Waals surface area contributed by atoms with E-state index < -0.39 is 0 Å². The van der Waals surface area contributed by atoms with E-state index in [2.05, 4.69) is 20.2 Å². The second-order valence-corrected chi connectivity index (χ2v) is 5.21. The Labute approximate surface area is 113 Å². The topological polar surface area (TPSA) is 54.5 Å². The van der Waals surface area contributed by atoms with Gasteiger partial charge >= 0.3 is 0 Å². The van der Waals surface area contributed by atoms with Crippen molar-refractivity contribution < 1.29 is 0 Å². The Morgan fingerprint density at radius 2 is 2.00 bits per heavy atom. The van der Waals surface area contributed by atoms with Crippen LogP contribution in [0.4, 0.5) is 0 Å². The molecule has 3 rings (SSSR count). The predicted octanol–water partition coefficient (Wildman–Crippen LogP) is 3.56. The number of aryl methyl sites for hydroxylation is 1. The molecular weight excluding hydrogens is 268 g/mol. The fourth-order valence-corrected chi connectivity index (χ4v) is 2.82. The molecule has 2 aromatic heterocycles. The van der Waals surface area contributed by atoms with Crippen LogP contribution in [0.2, 0.25) is 5.02 Å². The van der Waals surface area contributed by atoms with E-state index in [-0.39, 0.29) is 0 Å². The van der Waals surface area contributed by atoms with Crippen LogP contribution in [-0.4, -0.2) is 20.2 Å². The van der Waals surface area contributed by atoms with Gasteiger partial charge in [0.25, 0.3) is 0 Å². The highest BCUT2D eigenvalue weighted by Gasteiger charge is 2.12. The van der Waals surface area contributed by atoms with Crippen LogP contribution in [0.3, 0.4) is 0 Å². The zero-order valence-corrected chi connectivity index (χ0v) is 11.1. The van der Waals surface area contributed by atoms with Crippen molar-refractivity contribution >= 4 is 22.9 Å². The maximum absolute atomic E-state index is 5.89. The smallest absolute Gasteiger partial charge is 0.184 e. The lowest BCUT2D eigenvalue weighted by Gasteiger charge is -1.97. The van der Waals surface area contributed by atoms with Gasteiger partial charge in [0, 0.05) is 5.02 Å². The first-order valence-corrected chi connectivity index (χ1v) is 6.52. The molecule has 0 aliphatic carbocycles. The summed E-state index contributed by atoms with van der Waals surface area (Å²) in [7, 11) is 0. The molecule has 1 aromatic carbocycles. The first-order chi connectivity index (χ1) is 8.74. The minimum absolute atomic E-state index is 0.698. The van der Waals surface area contributed by atoms with Gasteiger partial charge in [0.15, 0.2) is 10.8 Å². The van der Waals surface area contributed by atoms with Crippen molar-refractivity contribution in [3.8, 4) is 21.3 Å². The summed E-state index contributed by atoms with van der Waals surface area (Å²) in [6, 6.07) is 7.74. The van der Waals surface area contributed by atoms with E-state index in [1.165, 1.54) is 6.33 Å². The number of hydrogen-bond acceptors (Lipinski definition) is 4. The highest BCUT2D eigenvalue weighted by atomic mass is 35.5. The molecule has 4 nitrogen and oxygen atoms in total. The first-order valence-electron chi connectivity index (χ1n) is 5.33. The summed E-state index contributed by atoms with van der Waals surface area (Å²) in [5.74, 6) is 0.698. The van der Waals surface area contributed by atoms with Crippen LogP contribution in [0.1, 0.15) is 5.69 Å². The van der Waals surface area contributed by atoms with Crippen molar-refractivity contribution in [1.29, 1.82) is 0 Å². The SMILES string of the molecule is Cc1nc(-c2ncn[nH]2)sc1-c1ccc(Cl)cc1. The molecule has 0 fully saturated rings. The van der Waals surface area contributed by atoms with Gasteiger partial charge in [-0.1, -0.05) is 23.7 Å². The molecule has 2 heterocycles. The molecule has 0 unspecified atom stereocenters. The first kappa shape index (κ1) is 11.4. The maximum atomic E-state index is 5.89. The molecule has 1 N–H and O–H groups in total. The Morgan fingerprint density at radius 1 is 1.22 bits per heavy atom. The van der Waals surface area contributed by atoms with Crippen molar-refractivity contribution in [2.24, 2.45) is 0 Å². The largest absolute Gasteiger partial charge is 0.257 e. The Hall–Kier alpha value is -1.72. The van der Waals surface area contributed by atoms with E-state index in [1.807, 2.05) is 31.2 Å². The third-order valence-electron chi connectivity index (χ3n) is 2.52. The Balaban J connectivity index is 2.06. The van der Waals surface area contributed by atoms with Crippen LogP contribution in [0.25, 0.3) is 21.3 Å². The summed E-state index contributed by atoms with van der Waals surface area (Å²) in [5.41, 5.74) is 2.09. The number of nitrogens with one attached hydrogen (secondary N) is 1. The molecule has 18 heavy (non-hydrogen) atoms. The molecular formula is C12H9ClN4S. The number of benzene rings is 1. The zero-order valence-electron chi connectivity index (χ0n) is 9.51. The minimum Gasteiger partial charge on any atom is -0.257 e. The predicted molar refractivity (Wildman–Crippen MR) is 72.7 cm³/mol. The normalized spacial score (nSPS) is 10.8. The molecule has 0 aliphatic rings. The quantitative estimate of drug-likeness (QED) is 0.779. The molecule has 6 heteroatoms. The van der Waals surface area contributed by atoms with Gasteiger partial charge < -0.3 is 0 Å². The molecule has 0 aliphatic heterocycles. The molecule has 0 saturated heterocycles. The minimum atomic E-state index is 0.698. The van der Waals surface area contributed by atoms with Crippen LogP contribution in [-0.2, 0) is 0 Å². The number of aromatic amines is 1. The van der Waals surface area contributed by atoms with Crippen LogP contribution < -0.4 is 0 Å². The number of thiazole rings is 1. The van der Waals surface area contributed by atoms with Crippen molar-refractivity contribution in [3.63, 3.8) is 0 Å². The molecule has 90 valence electrons. The molecule has 0 amide bonds. The van der Waals surface area contributed by atoms with Gasteiger partial charge in [-0.05, 0) is 24.6 Å². The van der Waals surface area contributed by atoms with Crippen LogP contribution in [0.15, 0.2) is 30.6 Å². The van der Waals surface area contributed by atoms with Gasteiger partial charge in [-0.15, -0.1) is 11.3 Å². The zero-order chi connectivity index (χ0) is 12.5. The average Bonchev–Trinajstić information content (AvgIpc) is 2.99. The number of aromatic nitrogens is 4. The number of hydrogen-bond donors (Lipinski definition) is 1. The van der Waals surface area contributed by atoms with Crippen molar-refractivity contribution in [2.45, 2.75) is 6.92 Å². The summed E-state index contributed by atoms with van der Waals surface area (Å²) in [5, 5.41) is 8.23. The second kappa shape index (κ2) is 4.51. The van der Waals surface area contributed by atoms with Gasteiger partial charge in [0.1, 0.15) is 6.33 Å². The van der Waals surface area contributed by atoms with Crippen molar-refractivity contribution in [3.05, 3.63) is 41.3 Å². The number of rotatable bonds is 2. The summed E-state index contributed by atoms with van der Waals surface area (Å²) < 4.78 is 0. The molecule has 0 radical (unpaired) electrons. The molecule has 0 bridgehead atoms. The molecule has 0 spiro atoms. The monoisotopic (exact) mass is 276 g/mol. The van der Waals surface area contributed by atoms with E-state index in [0.29, 0.717) is 5.82 Å². The van der Waals surface area contributed by atoms with Crippen LogP contribution >= 0.6 is 22.9 Å². The highest BCUT2D eigenvalue weighted by molar-refractivity contribution is 7.18. The van der Waals surface area contributed by atoms with Crippen molar-refractivity contribution in [2.75, 3.05) is 0 Å². The summed E-state index contributed by atoms with van der Waals surface area (Å²) in [4.78, 5) is 9.74. The fraction of sp³-hybridized carbons (Fsp3) is 0.0833. The third-order valence-corrected chi connectivity index (χ3v) is 3.99. The molecule has 3 aromatic rings. The standard InChI is InChI=1S/C12H9ClN4S/c1-7-10(8-2-4-9(13)5-3-8)18-12(16-7)11-14-6-15-17-11/h2-6H,1H3,(H,14,15,17). The van der Waals surface area contributed by atoms with E-state index in [1.54, 1.807) is 11.3 Å². The lowest BCUT2D eigenvalue weighted by atomic mass is 10.2. The highest BCUT2D eigenvalue weighted by Crippen LogP contribution is 2.34. The molecule has 0 saturated carbocycles. The van der Waals surface area contributed by atoms with E-state index >= 15 is 0 Å². The van der Waals surface area contributed by atoms with Crippen molar-refractivity contribution in [1.82, 2.24) is 20.2 Å². The Morgan fingerprint density at radius 3 is 2.67 bits per heavy atom. The number of nitrogens with zero attached hydrogens (tertiary/aromatic N) is 3. The Kier molecular flexibility index (Phi) is 2.85. The lowest BCUT2D eigenvalue weighted by Crippen LogP contribution is -1.80. The van der Waals surface area contributed by atoms with Gasteiger partial charge in [0.2, 0.25) is 0 Å². The van der Waals surface area contributed by atoms with Gasteiger partial charge in [-0.2, -0.15) is 5.10 Å². The van der Waals surface area contributed by atoms with E-state index in [4.69, 9.17) is 11.6 Å². The van der Waals surface area contributed by atoms with E-state index in [9.17, 15) is 0 Å². The number of H-pyrrole nitrogens is 1. The van der Waals surface area contributed by atoms with Gasteiger partial charge in [-0.3, -0.25) is 5.10 Å². The Bertz CT molecular complexity index is 658. The summed E-state index contributed by atoms with van der Waals surface area (Å²) in [6.45, 7) is 1.99. The third kappa shape index (κ3) is 2.02. The average molecular weight is 277 g/mol. The van der Waals surface area contributed by atoms with Gasteiger partial charge in [0.05, 0.1) is 10.6 Å². The maximum Gasteiger partial charge on any atom is 0.184 e. The van der Waals surface area contributed by atoms with Crippen LogP contribution in [0, 0.1) is 6.92 Å². The second-order valence-electron chi connectivity index (χ2n) is 3.77. The van der Waals surface area contributed by atoms with Gasteiger partial charge in [-0.25, -0.2) is 9.97 Å². The van der Waals surface area contributed by atoms with E-state index in [0.717, 1.165) is 26.2 Å². The van der Waals surface area contributed by atoms with Crippen LogP contribution in [0.5, 0.6) is 0 Å². The summed E-state index contributed by atoms with van der Waals surface area (Å²) in [6.07, 6.45) is 1.48. The fourth-order valence-electron chi connectivity index (χ4n) is 1.68. The lowest BCUT2D eigenvalue weighted by molar-refractivity contribution is 1.09. The molecule has 0 atom stereocenters. The number of halogens is 1.